The van der Waals surface area contributed by atoms with Crippen LogP contribution in [-0.4, -0.2) is 60.0 Å². The van der Waals surface area contributed by atoms with Crippen molar-refractivity contribution >= 4 is 15.9 Å². The Morgan fingerprint density at radius 2 is 2.29 bits per heavy atom. The van der Waals surface area contributed by atoms with Crippen molar-refractivity contribution in [3.63, 3.8) is 0 Å². The number of rotatable bonds is 4. The molecule has 1 atom stereocenters. The minimum Gasteiger partial charge on any atom is -0.363 e. The lowest BCUT2D eigenvalue weighted by Crippen LogP contribution is -2.59. The van der Waals surface area contributed by atoms with Crippen LogP contribution in [0.3, 0.4) is 0 Å². The van der Waals surface area contributed by atoms with E-state index in [1.54, 1.807) is 30.9 Å². The van der Waals surface area contributed by atoms with E-state index in [2.05, 4.69) is 10.4 Å². The second-order valence-corrected chi connectivity index (χ2v) is 7.29. The zero-order chi connectivity index (χ0) is 15.7. The van der Waals surface area contributed by atoms with E-state index in [1.807, 2.05) is 0 Å². The van der Waals surface area contributed by atoms with Crippen molar-refractivity contribution in [3.05, 3.63) is 18.0 Å². The van der Waals surface area contributed by atoms with Crippen molar-refractivity contribution < 1.29 is 17.9 Å². The minimum absolute atomic E-state index is 0.0169. The first-order valence-electron chi connectivity index (χ1n) is 6.57. The number of amides is 1. The van der Waals surface area contributed by atoms with Gasteiger partial charge in [0.05, 0.1) is 31.6 Å². The quantitative estimate of drug-likeness (QED) is 0.776. The maximum atomic E-state index is 12.3. The van der Waals surface area contributed by atoms with E-state index < -0.39 is 15.6 Å². The van der Waals surface area contributed by atoms with E-state index in [1.165, 1.54) is 4.31 Å². The first-order valence-corrected chi connectivity index (χ1v) is 8.41. The van der Waals surface area contributed by atoms with Gasteiger partial charge in [-0.15, -0.1) is 0 Å². The monoisotopic (exact) mass is 316 g/mol. The summed E-state index contributed by atoms with van der Waals surface area (Å²) in [6.45, 7) is 2.39. The fourth-order valence-corrected chi connectivity index (χ4v) is 3.07. The zero-order valence-corrected chi connectivity index (χ0v) is 13.2. The fourth-order valence-electron chi connectivity index (χ4n) is 2.19. The number of aryl methyl sites for hydroxylation is 1. The Labute approximate surface area is 124 Å². The molecule has 21 heavy (non-hydrogen) atoms. The first-order chi connectivity index (χ1) is 9.72. The van der Waals surface area contributed by atoms with Crippen molar-refractivity contribution in [2.45, 2.75) is 19.1 Å². The minimum atomic E-state index is -3.34. The molecule has 1 aromatic heterocycles. The molecule has 9 heteroatoms. The molecule has 2 rings (SSSR count). The Morgan fingerprint density at radius 1 is 1.57 bits per heavy atom. The average Bonchev–Trinajstić information content (AvgIpc) is 2.80. The molecule has 0 spiro atoms. The van der Waals surface area contributed by atoms with Crippen molar-refractivity contribution in [1.29, 1.82) is 0 Å². The smallest absolute Gasteiger partial charge is 0.253 e. The van der Waals surface area contributed by atoms with Gasteiger partial charge in [-0.05, 0) is 13.0 Å². The van der Waals surface area contributed by atoms with Gasteiger partial charge in [0, 0.05) is 19.8 Å². The lowest BCUT2D eigenvalue weighted by molar-refractivity contribution is -0.152. The number of nitrogens with zero attached hydrogens (tertiary/aromatic N) is 3. The van der Waals surface area contributed by atoms with Crippen LogP contribution in [0.15, 0.2) is 12.3 Å². The maximum Gasteiger partial charge on any atom is 0.253 e. The van der Waals surface area contributed by atoms with Gasteiger partial charge in [0.25, 0.3) is 5.91 Å². The first kappa shape index (κ1) is 15.9. The van der Waals surface area contributed by atoms with Crippen molar-refractivity contribution in [2.24, 2.45) is 7.05 Å². The molecule has 1 saturated heterocycles. The summed E-state index contributed by atoms with van der Waals surface area (Å²) in [5, 5.41) is 6.78. The molecule has 2 heterocycles. The highest BCUT2D eigenvalue weighted by molar-refractivity contribution is 7.88. The van der Waals surface area contributed by atoms with Crippen LogP contribution >= 0.6 is 0 Å². The summed E-state index contributed by atoms with van der Waals surface area (Å²) in [4.78, 5) is 12.3. The van der Waals surface area contributed by atoms with Crippen LogP contribution in [0.1, 0.15) is 12.6 Å². The number of carbonyl (C=O) groups excluding carboxylic acids is 1. The van der Waals surface area contributed by atoms with Crippen molar-refractivity contribution in [1.82, 2.24) is 19.4 Å². The molecule has 0 radical (unpaired) electrons. The number of morpholine rings is 1. The summed E-state index contributed by atoms with van der Waals surface area (Å²) in [5.74, 6) is -0.336. The van der Waals surface area contributed by atoms with Gasteiger partial charge < -0.3 is 10.1 Å². The highest BCUT2D eigenvalue weighted by Gasteiger charge is 2.41. The highest BCUT2D eigenvalue weighted by atomic mass is 32.2. The van der Waals surface area contributed by atoms with Crippen LogP contribution < -0.4 is 5.32 Å². The van der Waals surface area contributed by atoms with Gasteiger partial charge in [-0.1, -0.05) is 0 Å². The second kappa shape index (κ2) is 5.74. The van der Waals surface area contributed by atoms with Crippen LogP contribution in [0.4, 0.5) is 0 Å². The Balaban J connectivity index is 2.02. The molecular formula is C12H20N4O4S. The molecule has 1 aliphatic heterocycles. The molecule has 8 nitrogen and oxygen atoms in total. The molecular weight excluding hydrogens is 296 g/mol. The highest BCUT2D eigenvalue weighted by Crippen LogP contribution is 2.20. The van der Waals surface area contributed by atoms with E-state index in [9.17, 15) is 13.2 Å². The van der Waals surface area contributed by atoms with Crippen LogP contribution in [0.5, 0.6) is 0 Å². The Kier molecular flexibility index (Phi) is 4.35. The van der Waals surface area contributed by atoms with Gasteiger partial charge in [0.15, 0.2) is 5.60 Å². The number of aromatic nitrogens is 2. The van der Waals surface area contributed by atoms with Crippen LogP contribution in [-0.2, 0) is 33.1 Å². The number of carbonyl (C=O) groups is 1. The van der Waals surface area contributed by atoms with Gasteiger partial charge in [0.1, 0.15) is 0 Å². The van der Waals surface area contributed by atoms with Gasteiger partial charge >= 0.3 is 0 Å². The predicted molar refractivity (Wildman–Crippen MR) is 75.8 cm³/mol. The van der Waals surface area contributed by atoms with E-state index in [4.69, 9.17) is 4.74 Å². The standard InChI is InChI=1S/C12H20N4O4S/c1-12(9-16(6-7-20-12)21(3,18)19)11(17)13-8-10-4-5-14-15(10)2/h4-5H,6-9H2,1-3H3,(H,13,17)/t12-/m0/s1. The SMILES string of the molecule is Cn1nccc1CNC(=O)[C@]1(C)CN(S(C)(=O)=O)CCO1. The number of hydrogen-bond donors (Lipinski definition) is 1. The largest absolute Gasteiger partial charge is 0.363 e. The molecule has 0 saturated carbocycles. The maximum absolute atomic E-state index is 12.3. The summed E-state index contributed by atoms with van der Waals surface area (Å²) in [6.07, 6.45) is 2.78. The molecule has 1 aromatic rings. The summed E-state index contributed by atoms with van der Waals surface area (Å²) >= 11 is 0. The summed E-state index contributed by atoms with van der Waals surface area (Å²) in [5.41, 5.74) is -0.331. The van der Waals surface area contributed by atoms with Gasteiger partial charge in [-0.25, -0.2) is 8.42 Å². The van der Waals surface area contributed by atoms with Crippen LogP contribution in [0, 0.1) is 0 Å². The van der Waals surface area contributed by atoms with Crippen LogP contribution in [0.25, 0.3) is 0 Å². The van der Waals surface area contributed by atoms with Gasteiger partial charge in [-0.3, -0.25) is 9.48 Å². The summed E-state index contributed by atoms with van der Waals surface area (Å²) in [7, 11) is -1.55. The Bertz CT molecular complexity index is 627. The molecule has 0 unspecified atom stereocenters. The van der Waals surface area contributed by atoms with Gasteiger partial charge in [-0.2, -0.15) is 9.40 Å². The zero-order valence-electron chi connectivity index (χ0n) is 12.4. The predicted octanol–water partition coefficient (Wildman–Crippen LogP) is -0.913. The van der Waals surface area contributed by atoms with E-state index in [0.29, 0.717) is 6.54 Å². The molecule has 1 amide bonds. The number of ether oxygens (including phenoxy) is 1. The topological polar surface area (TPSA) is 93.5 Å². The molecule has 1 N–H and O–H groups in total. The molecule has 1 fully saturated rings. The number of nitrogens with one attached hydrogen (secondary N) is 1. The summed E-state index contributed by atoms with van der Waals surface area (Å²) < 4.78 is 31.7. The van der Waals surface area contributed by atoms with E-state index in [-0.39, 0.29) is 25.6 Å². The number of hydrogen-bond acceptors (Lipinski definition) is 5. The van der Waals surface area contributed by atoms with Crippen molar-refractivity contribution in [2.75, 3.05) is 26.0 Å². The normalized spacial score (nSPS) is 24.0. The molecule has 1 aliphatic rings. The molecule has 0 bridgehead atoms. The lowest BCUT2D eigenvalue weighted by atomic mass is 10.0. The third kappa shape index (κ3) is 3.60. The second-order valence-electron chi connectivity index (χ2n) is 5.30. The third-order valence-electron chi connectivity index (χ3n) is 3.54. The Morgan fingerprint density at radius 3 is 2.86 bits per heavy atom. The third-order valence-corrected chi connectivity index (χ3v) is 4.79. The molecule has 0 aliphatic carbocycles. The fraction of sp³-hybridized carbons (Fsp3) is 0.667. The Hall–Kier alpha value is -1.45. The number of sulfonamides is 1. The van der Waals surface area contributed by atoms with Crippen LogP contribution in [0.2, 0.25) is 0 Å². The average molecular weight is 316 g/mol. The summed E-state index contributed by atoms with van der Waals surface area (Å²) in [6, 6.07) is 1.80. The van der Waals surface area contributed by atoms with E-state index in [0.717, 1.165) is 11.9 Å². The van der Waals surface area contributed by atoms with E-state index >= 15 is 0 Å². The van der Waals surface area contributed by atoms with Gasteiger partial charge in [0.2, 0.25) is 10.0 Å². The lowest BCUT2D eigenvalue weighted by Gasteiger charge is -2.37. The molecule has 118 valence electrons. The van der Waals surface area contributed by atoms with Crippen molar-refractivity contribution in [3.8, 4) is 0 Å². The molecule has 0 aromatic carbocycles.